The van der Waals surface area contributed by atoms with Crippen LogP contribution in [0.4, 0.5) is 13.2 Å². The summed E-state index contributed by atoms with van der Waals surface area (Å²) in [5, 5.41) is 14.2. The van der Waals surface area contributed by atoms with E-state index in [-0.39, 0.29) is 17.2 Å². The van der Waals surface area contributed by atoms with Gasteiger partial charge in [-0.15, -0.1) is 11.3 Å². The van der Waals surface area contributed by atoms with Crippen LogP contribution in [0.15, 0.2) is 42.5 Å². The molecule has 2 saturated carbocycles. The minimum atomic E-state index is -4.44. The van der Waals surface area contributed by atoms with Crippen molar-refractivity contribution >= 4 is 44.9 Å². The van der Waals surface area contributed by atoms with Crippen LogP contribution in [0.3, 0.4) is 0 Å². The number of fused-ring (bicyclic) bond motifs is 3. The molecular formula is C29H29ClF3NO4S. The summed E-state index contributed by atoms with van der Waals surface area (Å²) in [7, 11) is 0. The monoisotopic (exact) mass is 579 g/mol. The van der Waals surface area contributed by atoms with E-state index >= 15 is 0 Å². The summed E-state index contributed by atoms with van der Waals surface area (Å²) >= 11 is 7.32. The highest BCUT2D eigenvalue weighted by atomic mass is 35.5. The maximum Gasteiger partial charge on any atom is 0.416 e. The van der Waals surface area contributed by atoms with E-state index in [9.17, 15) is 27.9 Å². The predicted molar refractivity (Wildman–Crippen MR) is 144 cm³/mol. The molecule has 2 aliphatic carbocycles. The molecule has 1 aromatic heterocycles. The average molecular weight is 580 g/mol. The second kappa shape index (κ2) is 10.7. The standard InChI is InChI=1S/C29H29ClF3NO4S/c1-16-11-18-3-2-10-28(13-16,14-18)25(27(36)37)34-26(35)24-23(21-9-8-20(30)12-22(21)39-24)38-15-17-4-6-19(7-5-17)29(31,32)33/h4-9,12,16,18,25H,2-3,10-11,13-15H2,1H3,(H,34,35)(H,36,37)/t16?,18?,25?,28-/m1/s1. The van der Waals surface area contributed by atoms with Crippen LogP contribution in [-0.4, -0.2) is 23.0 Å². The minimum absolute atomic E-state index is 0.0711. The van der Waals surface area contributed by atoms with Crippen molar-refractivity contribution in [1.29, 1.82) is 0 Å². The number of thiophene rings is 1. The second-order valence-electron chi connectivity index (χ2n) is 11.0. The van der Waals surface area contributed by atoms with Gasteiger partial charge in [-0.05, 0) is 73.4 Å². The van der Waals surface area contributed by atoms with E-state index in [4.69, 9.17) is 16.3 Å². The molecule has 0 radical (unpaired) electrons. The fourth-order valence-electron chi connectivity index (χ4n) is 6.59. The van der Waals surface area contributed by atoms with Gasteiger partial charge in [0.05, 0.1) is 5.56 Å². The fraction of sp³-hybridized carbons (Fsp3) is 0.448. The molecule has 1 heterocycles. The van der Waals surface area contributed by atoms with Crippen LogP contribution >= 0.6 is 22.9 Å². The summed E-state index contributed by atoms with van der Waals surface area (Å²) in [5.41, 5.74) is -0.763. The first-order valence-corrected chi connectivity index (χ1v) is 14.2. The maximum atomic E-state index is 13.7. The summed E-state index contributed by atoms with van der Waals surface area (Å²) in [6, 6.07) is 8.67. The lowest BCUT2D eigenvalue weighted by Gasteiger charge is -2.50. The first-order valence-electron chi connectivity index (χ1n) is 13.0. The molecule has 2 aliphatic rings. The van der Waals surface area contributed by atoms with Crippen molar-refractivity contribution in [2.75, 3.05) is 0 Å². The Morgan fingerprint density at radius 3 is 2.64 bits per heavy atom. The van der Waals surface area contributed by atoms with Crippen molar-refractivity contribution in [2.45, 2.75) is 64.3 Å². The molecule has 2 aromatic carbocycles. The number of carboxylic acid groups (broad SMARTS) is 1. The highest BCUT2D eigenvalue weighted by molar-refractivity contribution is 7.21. The van der Waals surface area contributed by atoms with E-state index in [2.05, 4.69) is 12.2 Å². The number of carbonyl (C=O) groups excluding carboxylic acids is 1. The number of hydrogen-bond donors (Lipinski definition) is 2. The lowest BCUT2D eigenvalue weighted by molar-refractivity contribution is -0.146. The van der Waals surface area contributed by atoms with Gasteiger partial charge in [0.25, 0.3) is 5.91 Å². The molecule has 208 valence electrons. The van der Waals surface area contributed by atoms with Crippen LogP contribution in [0.2, 0.25) is 5.02 Å². The number of ether oxygens (including phenoxy) is 1. The van der Waals surface area contributed by atoms with Gasteiger partial charge in [-0.1, -0.05) is 43.5 Å². The molecule has 0 saturated heterocycles. The van der Waals surface area contributed by atoms with E-state index in [0.717, 1.165) is 62.0 Å². The van der Waals surface area contributed by atoms with Crippen LogP contribution in [-0.2, 0) is 17.6 Å². The Morgan fingerprint density at radius 1 is 1.21 bits per heavy atom. The first kappa shape index (κ1) is 27.8. The van der Waals surface area contributed by atoms with Gasteiger partial charge in [-0.25, -0.2) is 4.79 Å². The Kier molecular flexibility index (Phi) is 7.59. The van der Waals surface area contributed by atoms with Gasteiger partial charge in [0.2, 0.25) is 0 Å². The van der Waals surface area contributed by atoms with Gasteiger partial charge in [0.15, 0.2) is 5.75 Å². The van der Waals surface area contributed by atoms with Crippen molar-refractivity contribution in [1.82, 2.24) is 5.32 Å². The topological polar surface area (TPSA) is 75.6 Å². The van der Waals surface area contributed by atoms with Gasteiger partial charge in [-0.2, -0.15) is 13.2 Å². The number of benzene rings is 2. The number of carboxylic acids is 1. The van der Waals surface area contributed by atoms with E-state index in [1.54, 1.807) is 18.2 Å². The molecule has 3 unspecified atom stereocenters. The third-order valence-corrected chi connectivity index (χ3v) is 9.45. The molecular weight excluding hydrogens is 551 g/mol. The average Bonchev–Trinajstić information content (AvgIpc) is 3.22. The number of halogens is 4. The molecule has 39 heavy (non-hydrogen) atoms. The Labute approximate surface area is 233 Å². The van der Waals surface area contributed by atoms with Gasteiger partial charge in [0, 0.05) is 20.5 Å². The lowest BCUT2D eigenvalue weighted by atomic mass is 9.56. The Balaban J connectivity index is 1.43. The molecule has 2 bridgehead atoms. The Hall–Kier alpha value is -2.78. The fourth-order valence-corrected chi connectivity index (χ4v) is 7.92. The molecule has 0 aliphatic heterocycles. The summed E-state index contributed by atoms with van der Waals surface area (Å²) in [4.78, 5) is 26.4. The summed E-state index contributed by atoms with van der Waals surface area (Å²) in [5.74, 6) is -0.483. The summed E-state index contributed by atoms with van der Waals surface area (Å²) < 4.78 is 45.5. The molecule has 2 fully saturated rings. The van der Waals surface area contributed by atoms with Crippen LogP contribution in [0.1, 0.15) is 66.2 Å². The highest BCUT2D eigenvalue weighted by Gasteiger charge is 2.50. The number of alkyl halides is 3. The molecule has 5 nitrogen and oxygen atoms in total. The molecule has 1 amide bonds. The maximum absolute atomic E-state index is 13.7. The number of aliphatic carboxylic acids is 1. The van der Waals surface area contributed by atoms with E-state index in [0.29, 0.717) is 32.5 Å². The zero-order valence-electron chi connectivity index (χ0n) is 21.3. The molecule has 3 aromatic rings. The van der Waals surface area contributed by atoms with Gasteiger partial charge in [0.1, 0.15) is 17.5 Å². The highest BCUT2D eigenvalue weighted by Crippen LogP contribution is 2.53. The lowest BCUT2D eigenvalue weighted by Crippen LogP contribution is -2.56. The zero-order chi connectivity index (χ0) is 27.9. The number of rotatable bonds is 7. The largest absolute Gasteiger partial charge is 0.487 e. The van der Waals surface area contributed by atoms with Gasteiger partial charge < -0.3 is 15.2 Å². The molecule has 4 atom stereocenters. The van der Waals surface area contributed by atoms with Crippen molar-refractivity contribution < 1.29 is 32.6 Å². The van der Waals surface area contributed by atoms with Crippen molar-refractivity contribution in [2.24, 2.45) is 17.3 Å². The number of hydrogen-bond acceptors (Lipinski definition) is 4. The van der Waals surface area contributed by atoms with E-state index in [1.807, 2.05) is 0 Å². The van der Waals surface area contributed by atoms with Crippen molar-refractivity contribution in [3.05, 3.63) is 63.5 Å². The predicted octanol–water partition coefficient (Wildman–Crippen LogP) is 7.94. The molecule has 0 spiro atoms. The van der Waals surface area contributed by atoms with Crippen LogP contribution in [0.25, 0.3) is 10.1 Å². The smallest absolute Gasteiger partial charge is 0.416 e. The van der Waals surface area contributed by atoms with Crippen molar-refractivity contribution in [3.8, 4) is 5.75 Å². The molecule has 5 rings (SSSR count). The SMILES string of the molecule is CC1CC2CCC[C@@](C(NC(=O)c3sc4cc(Cl)ccc4c3OCc3ccc(C(F)(F)F)cc3)C(=O)O)(C1)C2. The quantitative estimate of drug-likeness (QED) is 0.298. The van der Waals surface area contributed by atoms with Gasteiger partial charge in [-0.3, -0.25) is 4.79 Å². The van der Waals surface area contributed by atoms with Crippen LogP contribution < -0.4 is 10.1 Å². The third-order valence-electron chi connectivity index (χ3n) is 8.08. The van der Waals surface area contributed by atoms with E-state index < -0.39 is 35.1 Å². The number of amides is 1. The Morgan fingerprint density at radius 2 is 1.95 bits per heavy atom. The van der Waals surface area contributed by atoms with Crippen LogP contribution in [0, 0.1) is 17.3 Å². The first-order chi connectivity index (χ1) is 18.4. The summed E-state index contributed by atoms with van der Waals surface area (Å²) in [6.45, 7) is 2.08. The van der Waals surface area contributed by atoms with Crippen molar-refractivity contribution in [3.63, 3.8) is 0 Å². The summed E-state index contributed by atoms with van der Waals surface area (Å²) in [6.07, 6.45) is 0.965. The normalized spacial score (nSPS) is 23.8. The number of nitrogens with one attached hydrogen (secondary N) is 1. The van der Waals surface area contributed by atoms with Gasteiger partial charge >= 0.3 is 12.1 Å². The molecule has 10 heteroatoms. The zero-order valence-corrected chi connectivity index (χ0v) is 22.9. The van der Waals surface area contributed by atoms with E-state index in [1.165, 1.54) is 12.1 Å². The minimum Gasteiger partial charge on any atom is -0.487 e. The second-order valence-corrected chi connectivity index (χ2v) is 12.5. The van der Waals surface area contributed by atoms with Crippen LogP contribution in [0.5, 0.6) is 5.75 Å². The Bertz CT molecular complexity index is 1390. The number of carbonyl (C=O) groups is 2. The molecule has 2 N–H and O–H groups in total. The third kappa shape index (κ3) is 5.75.